The summed E-state index contributed by atoms with van der Waals surface area (Å²) >= 11 is 10.4. The highest BCUT2D eigenvalue weighted by Crippen LogP contribution is 2.23. The first kappa shape index (κ1) is 23.1. The summed E-state index contributed by atoms with van der Waals surface area (Å²) in [5.41, 5.74) is 1.45. The van der Waals surface area contributed by atoms with Crippen LogP contribution in [0.2, 0.25) is 0 Å². The van der Waals surface area contributed by atoms with Crippen LogP contribution in [0.1, 0.15) is 26.7 Å². The van der Waals surface area contributed by atoms with Gasteiger partial charge in [0.25, 0.3) is 0 Å². The Morgan fingerprint density at radius 3 is 1.38 bits per heavy atom. The van der Waals surface area contributed by atoms with Crippen molar-refractivity contribution in [2.75, 3.05) is 23.7 Å². The van der Waals surface area contributed by atoms with Crippen molar-refractivity contribution >= 4 is 55.9 Å². The van der Waals surface area contributed by atoms with Crippen LogP contribution in [0.25, 0.3) is 0 Å². The minimum absolute atomic E-state index is 0.219. The van der Waals surface area contributed by atoms with Crippen LogP contribution in [0.15, 0.2) is 58.3 Å². The normalized spacial score (nSPS) is 10.8. The monoisotopic (exact) mass is 450 g/mol. The van der Waals surface area contributed by atoms with Gasteiger partial charge in [-0.2, -0.15) is 0 Å². The average molecular weight is 451 g/mol. The molecule has 0 spiro atoms. The molecule has 6 nitrogen and oxygen atoms in total. The van der Waals surface area contributed by atoms with Gasteiger partial charge in [-0.15, -0.1) is 0 Å². The molecule has 0 radical (unpaired) electrons. The molecule has 4 N–H and O–H groups in total. The molecule has 2 rings (SSSR count). The zero-order valence-corrected chi connectivity index (χ0v) is 18.9. The van der Waals surface area contributed by atoms with E-state index in [1.165, 1.54) is 0 Å². The van der Waals surface area contributed by atoms with E-state index in [2.05, 4.69) is 35.1 Å². The van der Waals surface area contributed by atoms with Crippen molar-refractivity contribution in [3.05, 3.63) is 48.5 Å². The summed E-state index contributed by atoms with van der Waals surface area (Å²) in [6, 6.07) is 13.0. The summed E-state index contributed by atoms with van der Waals surface area (Å²) in [6.07, 6.45) is 1.93. The van der Waals surface area contributed by atoms with Crippen LogP contribution in [-0.2, 0) is 9.84 Å². The number of rotatable bonds is 8. The van der Waals surface area contributed by atoms with Crippen molar-refractivity contribution in [1.29, 1.82) is 0 Å². The van der Waals surface area contributed by atoms with E-state index in [0.29, 0.717) is 10.2 Å². The Morgan fingerprint density at radius 2 is 1.07 bits per heavy atom. The van der Waals surface area contributed by atoms with E-state index in [1.54, 1.807) is 48.5 Å². The second kappa shape index (κ2) is 11.1. The van der Waals surface area contributed by atoms with Gasteiger partial charge < -0.3 is 21.3 Å². The Hall–Kier alpha value is -2.23. The number of hydrogen-bond acceptors (Lipinski definition) is 4. The fourth-order valence-corrected chi connectivity index (χ4v) is 4.10. The van der Waals surface area contributed by atoms with Gasteiger partial charge in [0.05, 0.1) is 9.79 Å². The van der Waals surface area contributed by atoms with E-state index in [9.17, 15) is 8.42 Å². The molecule has 0 aliphatic rings. The van der Waals surface area contributed by atoms with E-state index in [-0.39, 0.29) is 9.79 Å². The van der Waals surface area contributed by atoms with E-state index in [4.69, 9.17) is 24.4 Å². The van der Waals surface area contributed by atoms with Crippen LogP contribution in [-0.4, -0.2) is 31.7 Å². The second-order valence-corrected chi connectivity index (χ2v) is 9.08. The Morgan fingerprint density at radius 1 is 0.724 bits per heavy atom. The zero-order valence-electron chi connectivity index (χ0n) is 16.5. The quantitative estimate of drug-likeness (QED) is 0.451. The highest BCUT2D eigenvalue weighted by molar-refractivity contribution is 7.91. The SMILES string of the molecule is CCCNC(=S)Nc1ccc(S(=O)(=O)c2ccc(NC(=S)NCCC)cc2)cc1. The van der Waals surface area contributed by atoms with Crippen molar-refractivity contribution in [3.63, 3.8) is 0 Å². The largest absolute Gasteiger partial charge is 0.362 e. The maximum Gasteiger partial charge on any atom is 0.206 e. The predicted octanol–water partition coefficient (Wildman–Crippen LogP) is 3.91. The van der Waals surface area contributed by atoms with E-state index < -0.39 is 9.84 Å². The summed E-state index contributed by atoms with van der Waals surface area (Å²) in [6.45, 7) is 5.66. The van der Waals surface area contributed by atoms with Crippen molar-refractivity contribution < 1.29 is 8.42 Å². The van der Waals surface area contributed by atoms with Crippen molar-refractivity contribution in [3.8, 4) is 0 Å². The molecule has 156 valence electrons. The first-order chi connectivity index (χ1) is 13.9. The topological polar surface area (TPSA) is 82.3 Å². The van der Waals surface area contributed by atoms with E-state index in [1.807, 2.05) is 0 Å². The Kier molecular flexibility index (Phi) is 8.81. The van der Waals surface area contributed by atoms with Crippen LogP contribution in [0.5, 0.6) is 0 Å². The zero-order chi connectivity index (χ0) is 21.3. The molecule has 9 heteroatoms. The molecule has 0 fully saturated rings. The lowest BCUT2D eigenvalue weighted by Crippen LogP contribution is -2.28. The van der Waals surface area contributed by atoms with Crippen molar-refractivity contribution in [2.45, 2.75) is 36.5 Å². The lowest BCUT2D eigenvalue weighted by molar-refractivity contribution is 0.596. The van der Waals surface area contributed by atoms with Gasteiger partial charge in [-0.3, -0.25) is 0 Å². The summed E-state index contributed by atoms with van der Waals surface area (Å²) in [7, 11) is -3.61. The van der Waals surface area contributed by atoms with Crippen LogP contribution in [0.3, 0.4) is 0 Å². The third-order valence-electron chi connectivity index (χ3n) is 3.92. The van der Waals surface area contributed by atoms with Crippen LogP contribution >= 0.6 is 24.4 Å². The Bertz CT molecular complexity index is 856. The maximum atomic E-state index is 12.9. The van der Waals surface area contributed by atoms with Gasteiger partial charge in [0.15, 0.2) is 10.2 Å². The highest BCUT2D eigenvalue weighted by atomic mass is 32.2. The van der Waals surface area contributed by atoms with Gasteiger partial charge in [-0.25, -0.2) is 8.42 Å². The molecule has 0 bridgehead atoms. The first-order valence-electron chi connectivity index (χ1n) is 9.41. The van der Waals surface area contributed by atoms with Gasteiger partial charge in [0.1, 0.15) is 0 Å². The van der Waals surface area contributed by atoms with E-state index >= 15 is 0 Å². The van der Waals surface area contributed by atoms with Crippen LogP contribution < -0.4 is 21.3 Å². The molecular formula is C20H26N4O2S3. The van der Waals surface area contributed by atoms with Crippen LogP contribution in [0.4, 0.5) is 11.4 Å². The minimum Gasteiger partial charge on any atom is -0.362 e. The lowest BCUT2D eigenvalue weighted by Gasteiger charge is -2.11. The molecule has 0 atom stereocenters. The van der Waals surface area contributed by atoms with Gasteiger partial charge in [-0.05, 0) is 85.8 Å². The fraction of sp³-hybridized carbons (Fsp3) is 0.300. The summed E-state index contributed by atoms with van der Waals surface area (Å²) < 4.78 is 25.7. The standard InChI is InChI=1S/C20H26N4O2S3/c1-3-13-21-19(27)23-15-5-9-17(10-6-15)29(25,26)18-11-7-16(8-12-18)24-20(28)22-14-4-2/h5-12H,3-4,13-14H2,1-2H3,(H2,21,23,27)(H2,22,24,28). The van der Waals surface area contributed by atoms with Crippen molar-refractivity contribution in [2.24, 2.45) is 0 Å². The summed E-state index contributed by atoms with van der Waals surface area (Å²) in [5.74, 6) is 0. The molecule has 0 saturated carbocycles. The molecular weight excluding hydrogens is 424 g/mol. The third-order valence-corrected chi connectivity index (χ3v) is 6.19. The first-order valence-corrected chi connectivity index (χ1v) is 11.7. The maximum absolute atomic E-state index is 12.9. The smallest absolute Gasteiger partial charge is 0.206 e. The van der Waals surface area contributed by atoms with E-state index in [0.717, 1.165) is 37.3 Å². The number of benzene rings is 2. The highest BCUT2D eigenvalue weighted by Gasteiger charge is 2.17. The molecule has 29 heavy (non-hydrogen) atoms. The van der Waals surface area contributed by atoms with Gasteiger partial charge >= 0.3 is 0 Å². The number of anilines is 2. The number of thiocarbonyl (C=S) groups is 2. The van der Waals surface area contributed by atoms with Gasteiger partial charge in [0.2, 0.25) is 9.84 Å². The molecule has 0 aromatic heterocycles. The Balaban J connectivity index is 2.06. The Labute approximate surface area is 183 Å². The lowest BCUT2D eigenvalue weighted by atomic mass is 10.3. The predicted molar refractivity (Wildman–Crippen MR) is 127 cm³/mol. The van der Waals surface area contributed by atoms with Gasteiger partial charge in [0, 0.05) is 24.5 Å². The minimum atomic E-state index is -3.61. The summed E-state index contributed by atoms with van der Waals surface area (Å²) in [4.78, 5) is 0.438. The summed E-state index contributed by atoms with van der Waals surface area (Å²) in [5, 5.41) is 13.2. The number of hydrogen-bond donors (Lipinski definition) is 4. The molecule has 2 aromatic carbocycles. The van der Waals surface area contributed by atoms with Crippen LogP contribution in [0, 0.1) is 0 Å². The van der Waals surface area contributed by atoms with Gasteiger partial charge in [-0.1, -0.05) is 13.8 Å². The molecule has 2 aromatic rings. The fourth-order valence-electron chi connectivity index (χ4n) is 2.40. The molecule has 0 aliphatic heterocycles. The average Bonchev–Trinajstić information content (AvgIpc) is 2.71. The third kappa shape index (κ3) is 6.95. The molecule has 0 saturated heterocycles. The number of nitrogens with one attached hydrogen (secondary N) is 4. The number of sulfone groups is 1. The molecule has 0 amide bonds. The molecule has 0 aliphatic carbocycles. The van der Waals surface area contributed by atoms with Crippen molar-refractivity contribution in [1.82, 2.24) is 10.6 Å². The molecule has 0 heterocycles. The molecule has 0 unspecified atom stereocenters. The second-order valence-electron chi connectivity index (χ2n) is 6.31.